The highest BCUT2D eigenvalue weighted by Crippen LogP contribution is 2.72. The first-order valence-corrected chi connectivity index (χ1v) is 8.77. The second kappa shape index (κ2) is 7.78. The summed E-state index contributed by atoms with van der Waals surface area (Å²) in [5.41, 5.74) is -15.3. The number of alkyl halides is 6. The van der Waals surface area contributed by atoms with Crippen molar-refractivity contribution in [3.8, 4) is 0 Å². The summed E-state index contributed by atoms with van der Waals surface area (Å²) in [6.07, 6.45) is -15.6. The molecule has 0 saturated carbocycles. The Balaban J connectivity index is 3.07. The first-order valence-electron chi connectivity index (χ1n) is 8.77. The molecule has 2 aliphatic rings. The molecule has 2 aliphatic carbocycles. The minimum Gasteiger partial charge on any atom is -0.481 e. The van der Waals surface area contributed by atoms with Gasteiger partial charge in [-0.1, -0.05) is 36.5 Å². The molecule has 33 heavy (non-hydrogen) atoms. The number of hydrogen-bond acceptors (Lipinski definition) is 4. The number of carbonyl (C=O) groups is 4. The lowest BCUT2D eigenvalue weighted by Crippen LogP contribution is -2.72. The Labute approximate surface area is 179 Å². The van der Waals surface area contributed by atoms with Crippen LogP contribution in [-0.4, -0.2) is 56.7 Å². The van der Waals surface area contributed by atoms with E-state index in [0.29, 0.717) is 12.2 Å². The highest BCUT2D eigenvalue weighted by atomic mass is 19.4. The molecule has 2 atom stereocenters. The Morgan fingerprint density at radius 3 is 1.12 bits per heavy atom. The second-order valence-electron chi connectivity index (χ2n) is 7.30. The van der Waals surface area contributed by atoms with Gasteiger partial charge in [-0.05, 0) is 12.8 Å². The summed E-state index contributed by atoms with van der Waals surface area (Å²) in [5, 5.41) is 37.3. The van der Waals surface area contributed by atoms with Crippen LogP contribution in [0.1, 0.15) is 12.8 Å². The number of allylic oxidation sites excluding steroid dienone is 2. The maximum atomic E-state index is 14.6. The molecule has 0 aromatic heterocycles. The van der Waals surface area contributed by atoms with E-state index in [-0.39, 0.29) is 24.3 Å². The maximum absolute atomic E-state index is 14.6. The van der Waals surface area contributed by atoms with Crippen LogP contribution >= 0.6 is 0 Å². The van der Waals surface area contributed by atoms with E-state index in [1.165, 1.54) is 0 Å². The van der Waals surface area contributed by atoms with Gasteiger partial charge < -0.3 is 20.4 Å². The predicted octanol–water partition coefficient (Wildman–Crippen LogP) is 3.18. The normalized spacial score (nSPS) is 25.8. The molecule has 0 fully saturated rings. The van der Waals surface area contributed by atoms with Gasteiger partial charge in [-0.15, -0.1) is 0 Å². The molecule has 180 valence electrons. The zero-order chi connectivity index (χ0) is 25.6. The van der Waals surface area contributed by atoms with E-state index in [0.717, 1.165) is 0 Å². The van der Waals surface area contributed by atoms with Crippen molar-refractivity contribution in [1.82, 2.24) is 0 Å². The maximum Gasteiger partial charge on any atom is 0.406 e. The van der Waals surface area contributed by atoms with Gasteiger partial charge in [0, 0.05) is 0 Å². The molecule has 2 unspecified atom stereocenters. The number of carboxylic acid groups (broad SMARTS) is 4. The van der Waals surface area contributed by atoms with Gasteiger partial charge in [-0.3, -0.25) is 9.59 Å². The van der Waals surface area contributed by atoms with Crippen molar-refractivity contribution in [3.05, 3.63) is 47.6 Å². The standard InChI is InChI=1S/C19H14F6O8/c20-18(21,22)17(19(23,24)25,15(13(30)31)5-1-9(2-6-15)11(26)27)16(14(32)33)7-3-10(4-8-16)12(28)29/h1-5,7H,6,8H2,(H,26,27)(H,28,29)(H,30,31)(H,32,33). The third-order valence-corrected chi connectivity index (χ3v) is 5.83. The summed E-state index contributed by atoms with van der Waals surface area (Å²) in [5.74, 6) is -8.96. The number of hydrogen-bond donors (Lipinski definition) is 4. The minimum atomic E-state index is -6.58. The summed E-state index contributed by atoms with van der Waals surface area (Å²) in [6, 6.07) is 0. The van der Waals surface area contributed by atoms with Gasteiger partial charge >= 0.3 is 36.2 Å². The fraction of sp³-hybridized carbons (Fsp3) is 0.368. The Morgan fingerprint density at radius 2 is 0.970 bits per heavy atom. The number of aliphatic carboxylic acids is 4. The molecular formula is C19H14F6O8. The van der Waals surface area contributed by atoms with Crippen LogP contribution in [0.5, 0.6) is 0 Å². The van der Waals surface area contributed by atoms with Gasteiger partial charge in [0.1, 0.15) is 10.8 Å². The van der Waals surface area contributed by atoms with E-state index in [4.69, 9.17) is 10.2 Å². The first kappa shape index (κ1) is 25.7. The van der Waals surface area contributed by atoms with Crippen molar-refractivity contribution in [1.29, 1.82) is 0 Å². The minimum absolute atomic E-state index is 0.116. The highest BCUT2D eigenvalue weighted by Gasteiger charge is 2.89. The Kier molecular flexibility index (Phi) is 6.05. The van der Waals surface area contributed by atoms with Gasteiger partial charge in [-0.2, -0.15) is 26.3 Å². The van der Waals surface area contributed by atoms with Crippen LogP contribution in [0.2, 0.25) is 0 Å². The molecule has 0 amide bonds. The van der Waals surface area contributed by atoms with Crippen molar-refractivity contribution >= 4 is 23.9 Å². The van der Waals surface area contributed by atoms with Crippen LogP contribution in [0.3, 0.4) is 0 Å². The van der Waals surface area contributed by atoms with Crippen molar-refractivity contribution < 1.29 is 65.9 Å². The van der Waals surface area contributed by atoms with E-state index in [1.54, 1.807) is 0 Å². The summed E-state index contributed by atoms with van der Waals surface area (Å²) in [7, 11) is 0. The van der Waals surface area contributed by atoms with Gasteiger partial charge in [-0.25, -0.2) is 9.59 Å². The van der Waals surface area contributed by atoms with Crippen molar-refractivity contribution in [2.45, 2.75) is 25.2 Å². The first-order chi connectivity index (χ1) is 14.9. The molecule has 0 aliphatic heterocycles. The summed E-state index contributed by atoms with van der Waals surface area (Å²) in [4.78, 5) is 46.4. The van der Waals surface area contributed by atoms with Crippen molar-refractivity contribution in [3.63, 3.8) is 0 Å². The number of carboxylic acids is 4. The van der Waals surface area contributed by atoms with Gasteiger partial charge in [0.05, 0.1) is 11.1 Å². The molecular weight excluding hydrogens is 470 g/mol. The van der Waals surface area contributed by atoms with E-state index in [1.807, 2.05) is 0 Å². The SMILES string of the molecule is O=C(O)C1=CCC(C(=O)O)(C(C(F)(F)F)(C(F)(F)F)C2(C(=O)O)C=CC(C(=O)O)=CC2)C=C1. The van der Waals surface area contributed by atoms with Crippen LogP contribution in [0.15, 0.2) is 47.6 Å². The fourth-order valence-electron chi connectivity index (χ4n) is 4.36. The Morgan fingerprint density at radius 1 is 0.667 bits per heavy atom. The average Bonchev–Trinajstić information content (AvgIpc) is 2.66. The average molecular weight is 484 g/mol. The summed E-state index contributed by atoms with van der Waals surface area (Å²) < 4.78 is 87.4. The van der Waals surface area contributed by atoms with Crippen LogP contribution in [0.25, 0.3) is 0 Å². The monoisotopic (exact) mass is 484 g/mol. The quantitative estimate of drug-likeness (QED) is 0.420. The van der Waals surface area contributed by atoms with Crippen LogP contribution < -0.4 is 0 Å². The molecule has 0 spiro atoms. The highest BCUT2D eigenvalue weighted by molar-refractivity contribution is 5.94. The molecule has 0 aromatic carbocycles. The number of halogens is 6. The lowest BCUT2D eigenvalue weighted by atomic mass is 9.46. The van der Waals surface area contributed by atoms with Crippen LogP contribution in [0, 0.1) is 16.2 Å². The lowest BCUT2D eigenvalue weighted by Gasteiger charge is -2.55. The zero-order valence-corrected chi connectivity index (χ0v) is 16.1. The fourth-order valence-corrected chi connectivity index (χ4v) is 4.36. The van der Waals surface area contributed by atoms with Gasteiger partial charge in [0.25, 0.3) is 0 Å². The van der Waals surface area contributed by atoms with Crippen LogP contribution in [-0.2, 0) is 19.2 Å². The molecule has 0 saturated heterocycles. The van der Waals surface area contributed by atoms with E-state index >= 15 is 0 Å². The van der Waals surface area contributed by atoms with Gasteiger partial charge in [0.15, 0.2) is 0 Å². The van der Waals surface area contributed by atoms with Gasteiger partial charge in [0.2, 0.25) is 5.41 Å². The smallest absolute Gasteiger partial charge is 0.406 e. The molecule has 14 heteroatoms. The van der Waals surface area contributed by atoms with E-state index in [2.05, 4.69) is 0 Å². The Bertz CT molecular complexity index is 950. The third-order valence-electron chi connectivity index (χ3n) is 5.83. The molecule has 8 nitrogen and oxygen atoms in total. The molecule has 0 aromatic rings. The zero-order valence-electron chi connectivity index (χ0n) is 16.1. The summed E-state index contributed by atoms with van der Waals surface area (Å²) in [6.45, 7) is 0. The topological polar surface area (TPSA) is 149 Å². The van der Waals surface area contributed by atoms with Crippen molar-refractivity contribution in [2.75, 3.05) is 0 Å². The Hall–Kier alpha value is -3.58. The van der Waals surface area contributed by atoms with E-state index < -0.39 is 76.5 Å². The van der Waals surface area contributed by atoms with Crippen molar-refractivity contribution in [2.24, 2.45) is 16.2 Å². The van der Waals surface area contributed by atoms with E-state index in [9.17, 15) is 55.7 Å². The number of rotatable bonds is 6. The largest absolute Gasteiger partial charge is 0.481 e. The summed E-state index contributed by atoms with van der Waals surface area (Å²) >= 11 is 0. The molecule has 0 heterocycles. The molecule has 4 N–H and O–H groups in total. The molecule has 0 bridgehead atoms. The van der Waals surface area contributed by atoms with Crippen LogP contribution in [0.4, 0.5) is 26.3 Å². The molecule has 0 radical (unpaired) electrons. The lowest BCUT2D eigenvalue weighted by molar-refractivity contribution is -0.394. The second-order valence-corrected chi connectivity index (χ2v) is 7.30. The molecule has 2 rings (SSSR count). The predicted molar refractivity (Wildman–Crippen MR) is 93.6 cm³/mol. The third kappa shape index (κ3) is 3.40.